The number of rotatable bonds is 2. The minimum atomic E-state index is -5.08. The average Bonchev–Trinajstić information content (AvgIpc) is 2.57. The first-order valence-electron chi connectivity index (χ1n) is 8.67. The molecule has 1 aromatic carbocycles. The van der Waals surface area contributed by atoms with Crippen molar-refractivity contribution in [1.29, 1.82) is 0 Å². The molecule has 1 aliphatic heterocycles. The van der Waals surface area contributed by atoms with E-state index in [1.54, 1.807) is 11.0 Å². The number of hydrogen-bond donors (Lipinski definition) is 2. The maximum absolute atomic E-state index is 12.0. The predicted molar refractivity (Wildman–Crippen MR) is 103 cm³/mol. The summed E-state index contributed by atoms with van der Waals surface area (Å²) in [7, 11) is 0. The van der Waals surface area contributed by atoms with E-state index in [2.05, 4.69) is 20.8 Å². The fourth-order valence-electron chi connectivity index (χ4n) is 2.34. The fourth-order valence-corrected chi connectivity index (χ4v) is 2.75. The van der Waals surface area contributed by atoms with Gasteiger partial charge in [0.05, 0.1) is 0 Å². The second-order valence-electron chi connectivity index (χ2n) is 7.32. The number of carboxylic acids is 1. The number of carbonyl (C=O) groups excluding carboxylic acids is 1. The Morgan fingerprint density at radius 2 is 1.66 bits per heavy atom. The summed E-state index contributed by atoms with van der Waals surface area (Å²) in [4.78, 5) is 24.9. The van der Waals surface area contributed by atoms with Crippen molar-refractivity contribution in [2.75, 3.05) is 26.2 Å². The lowest BCUT2D eigenvalue weighted by Gasteiger charge is -2.35. The number of amides is 1. The number of piperazine rings is 1. The van der Waals surface area contributed by atoms with Gasteiger partial charge in [-0.3, -0.25) is 4.90 Å². The van der Waals surface area contributed by atoms with Crippen molar-refractivity contribution in [3.8, 4) is 5.75 Å². The molecule has 1 saturated heterocycles. The molecule has 0 unspecified atom stereocenters. The predicted octanol–water partition coefficient (Wildman–Crippen LogP) is 3.84. The summed E-state index contributed by atoms with van der Waals surface area (Å²) in [5, 5.41) is 17.0. The zero-order valence-corrected chi connectivity index (χ0v) is 17.9. The number of carbonyl (C=O) groups is 2. The molecule has 0 bridgehead atoms. The SMILES string of the molecule is CC(C)(C)OC(=O)N1CCN(Cc2cc(Br)ccc2O)CC1.O=C(O)C(F)(F)F. The Labute approximate surface area is 175 Å². The molecule has 164 valence electrons. The summed E-state index contributed by atoms with van der Waals surface area (Å²) in [6.07, 6.45) is -5.34. The van der Waals surface area contributed by atoms with Gasteiger partial charge in [0.15, 0.2) is 0 Å². The summed E-state index contributed by atoms with van der Waals surface area (Å²) in [5.74, 6) is -2.45. The van der Waals surface area contributed by atoms with E-state index in [-0.39, 0.29) is 6.09 Å². The third kappa shape index (κ3) is 9.35. The number of ether oxygens (including phenoxy) is 1. The summed E-state index contributed by atoms with van der Waals surface area (Å²) in [6, 6.07) is 5.44. The van der Waals surface area contributed by atoms with E-state index >= 15 is 0 Å². The molecule has 2 rings (SSSR count). The molecule has 0 aliphatic carbocycles. The van der Waals surface area contributed by atoms with E-state index in [0.717, 1.165) is 23.1 Å². The van der Waals surface area contributed by atoms with E-state index < -0.39 is 17.7 Å². The first-order valence-corrected chi connectivity index (χ1v) is 9.46. The molecule has 1 aliphatic rings. The lowest BCUT2D eigenvalue weighted by molar-refractivity contribution is -0.192. The Kier molecular flexibility index (Phi) is 8.76. The number of phenols is 1. The molecule has 7 nitrogen and oxygen atoms in total. The Hall–Kier alpha value is -2.01. The molecule has 2 N–H and O–H groups in total. The van der Waals surface area contributed by atoms with Crippen LogP contribution in [0.1, 0.15) is 26.3 Å². The molecule has 0 aromatic heterocycles. The maximum atomic E-state index is 12.0. The van der Waals surface area contributed by atoms with Crippen LogP contribution in [-0.4, -0.2) is 70.0 Å². The quantitative estimate of drug-likeness (QED) is 0.662. The molecule has 1 heterocycles. The van der Waals surface area contributed by atoms with Crippen LogP contribution in [0.15, 0.2) is 22.7 Å². The highest BCUT2D eigenvalue weighted by molar-refractivity contribution is 9.10. The average molecular weight is 485 g/mol. The molecule has 0 radical (unpaired) electrons. The van der Waals surface area contributed by atoms with E-state index in [1.807, 2.05) is 32.9 Å². The second kappa shape index (κ2) is 10.1. The van der Waals surface area contributed by atoms with E-state index in [9.17, 15) is 23.1 Å². The van der Waals surface area contributed by atoms with Crippen molar-refractivity contribution in [3.63, 3.8) is 0 Å². The number of nitrogens with zero attached hydrogens (tertiary/aromatic N) is 2. The second-order valence-corrected chi connectivity index (χ2v) is 8.24. The molecule has 0 spiro atoms. The summed E-state index contributed by atoms with van der Waals surface area (Å²) in [5.41, 5.74) is 0.427. The lowest BCUT2D eigenvalue weighted by atomic mass is 10.1. The summed E-state index contributed by atoms with van der Waals surface area (Å²) < 4.78 is 38.1. The van der Waals surface area contributed by atoms with Crippen molar-refractivity contribution >= 4 is 28.0 Å². The van der Waals surface area contributed by atoms with Gasteiger partial charge >= 0.3 is 18.2 Å². The third-order valence-electron chi connectivity index (χ3n) is 3.70. The van der Waals surface area contributed by atoms with Gasteiger partial charge in [-0.25, -0.2) is 9.59 Å². The normalized spacial score (nSPS) is 15.3. The van der Waals surface area contributed by atoms with Gasteiger partial charge in [-0.2, -0.15) is 13.2 Å². The van der Waals surface area contributed by atoms with Crippen LogP contribution in [0, 0.1) is 0 Å². The van der Waals surface area contributed by atoms with Crippen LogP contribution in [-0.2, 0) is 16.1 Å². The monoisotopic (exact) mass is 484 g/mol. The number of aromatic hydroxyl groups is 1. The number of carboxylic acid groups (broad SMARTS) is 1. The summed E-state index contributed by atoms with van der Waals surface area (Å²) in [6.45, 7) is 9.11. The zero-order chi connectivity index (χ0) is 22.4. The van der Waals surface area contributed by atoms with Crippen molar-refractivity contribution in [2.24, 2.45) is 0 Å². The van der Waals surface area contributed by atoms with E-state index in [1.165, 1.54) is 0 Å². The van der Waals surface area contributed by atoms with Crippen molar-refractivity contribution < 1.29 is 37.7 Å². The Morgan fingerprint density at radius 1 is 1.14 bits per heavy atom. The van der Waals surface area contributed by atoms with Crippen LogP contribution in [0.2, 0.25) is 0 Å². The largest absolute Gasteiger partial charge is 0.508 e. The molecule has 0 atom stereocenters. The van der Waals surface area contributed by atoms with Gasteiger partial charge < -0.3 is 19.8 Å². The highest BCUT2D eigenvalue weighted by Crippen LogP contribution is 2.24. The van der Waals surface area contributed by atoms with Gasteiger partial charge in [-0.1, -0.05) is 15.9 Å². The minimum Gasteiger partial charge on any atom is -0.508 e. The maximum Gasteiger partial charge on any atom is 0.490 e. The van der Waals surface area contributed by atoms with Gasteiger partial charge in [0.2, 0.25) is 0 Å². The van der Waals surface area contributed by atoms with E-state index in [0.29, 0.717) is 25.4 Å². The zero-order valence-electron chi connectivity index (χ0n) is 16.3. The van der Waals surface area contributed by atoms with Crippen molar-refractivity contribution in [3.05, 3.63) is 28.2 Å². The van der Waals surface area contributed by atoms with Crippen LogP contribution < -0.4 is 0 Å². The highest BCUT2D eigenvalue weighted by Gasteiger charge is 2.38. The highest BCUT2D eigenvalue weighted by atomic mass is 79.9. The minimum absolute atomic E-state index is 0.252. The van der Waals surface area contributed by atoms with Gasteiger partial charge in [-0.05, 0) is 39.0 Å². The number of phenolic OH excluding ortho intramolecular Hbond substituents is 1. The van der Waals surface area contributed by atoms with Gasteiger partial charge in [0, 0.05) is 42.8 Å². The van der Waals surface area contributed by atoms with Crippen LogP contribution in [0.4, 0.5) is 18.0 Å². The van der Waals surface area contributed by atoms with E-state index in [4.69, 9.17) is 14.6 Å². The molecule has 29 heavy (non-hydrogen) atoms. The Morgan fingerprint density at radius 3 is 2.10 bits per heavy atom. The fraction of sp³-hybridized carbons (Fsp3) is 0.556. The molecular weight excluding hydrogens is 461 g/mol. The molecule has 1 amide bonds. The molecule has 11 heteroatoms. The Bertz CT molecular complexity index is 714. The Balaban J connectivity index is 0.000000516. The van der Waals surface area contributed by atoms with Crippen LogP contribution in [0.25, 0.3) is 0 Å². The van der Waals surface area contributed by atoms with Crippen LogP contribution >= 0.6 is 15.9 Å². The third-order valence-corrected chi connectivity index (χ3v) is 4.20. The van der Waals surface area contributed by atoms with Crippen molar-refractivity contribution in [1.82, 2.24) is 9.80 Å². The first kappa shape index (κ1) is 25.0. The van der Waals surface area contributed by atoms with Gasteiger partial charge in [0.25, 0.3) is 0 Å². The number of alkyl halides is 3. The number of aliphatic carboxylic acids is 1. The van der Waals surface area contributed by atoms with Crippen LogP contribution in [0.5, 0.6) is 5.75 Å². The molecular formula is C18H24BrF3N2O5. The van der Waals surface area contributed by atoms with Crippen molar-refractivity contribution in [2.45, 2.75) is 39.1 Å². The molecule has 0 saturated carbocycles. The number of benzene rings is 1. The van der Waals surface area contributed by atoms with Gasteiger partial charge in [-0.15, -0.1) is 0 Å². The van der Waals surface area contributed by atoms with Crippen LogP contribution in [0.3, 0.4) is 0 Å². The molecule has 1 aromatic rings. The lowest BCUT2D eigenvalue weighted by Crippen LogP contribution is -2.49. The smallest absolute Gasteiger partial charge is 0.490 e. The molecule has 1 fully saturated rings. The standard InChI is InChI=1S/C16H23BrN2O3.C2HF3O2/c1-16(2,3)22-15(21)19-8-6-18(7-9-19)11-12-10-13(17)4-5-14(12)20;3-2(4,5)1(6)7/h4-5,10,20H,6-9,11H2,1-3H3;(H,6,7). The number of hydrogen-bond acceptors (Lipinski definition) is 5. The summed E-state index contributed by atoms with van der Waals surface area (Å²) >= 11 is 3.42. The topological polar surface area (TPSA) is 90.3 Å². The number of halogens is 4. The first-order chi connectivity index (χ1) is 13.2. The van der Waals surface area contributed by atoms with Gasteiger partial charge in [0.1, 0.15) is 11.4 Å².